The number of halogens is 2. The summed E-state index contributed by atoms with van der Waals surface area (Å²) < 4.78 is 11.2. The molecule has 2 aliphatic heterocycles. The molecule has 31 heavy (non-hydrogen) atoms. The number of hydrogen-bond donors (Lipinski definition) is 0. The Hall–Kier alpha value is -2.41. The number of allylic oxidation sites excluding steroid dienone is 1. The van der Waals surface area contributed by atoms with E-state index >= 15 is 0 Å². The molecule has 5 nitrogen and oxygen atoms in total. The highest BCUT2D eigenvalue weighted by Gasteiger charge is 2.37. The molecule has 4 rings (SSSR count). The van der Waals surface area contributed by atoms with Gasteiger partial charge in [-0.1, -0.05) is 53.2 Å². The third kappa shape index (κ3) is 4.47. The summed E-state index contributed by atoms with van der Waals surface area (Å²) in [5.41, 5.74) is 2.88. The van der Waals surface area contributed by atoms with Crippen LogP contribution in [0.1, 0.15) is 31.0 Å². The molecule has 0 unspecified atom stereocenters. The summed E-state index contributed by atoms with van der Waals surface area (Å²) >= 11 is 14.0. The fraction of sp³-hybridized carbons (Fsp3) is 0.217. The van der Waals surface area contributed by atoms with Crippen LogP contribution >= 0.6 is 35.0 Å². The summed E-state index contributed by atoms with van der Waals surface area (Å²) in [6, 6.07) is 12.7. The first-order valence-corrected chi connectivity index (χ1v) is 11.4. The Morgan fingerprint density at radius 2 is 1.87 bits per heavy atom. The van der Waals surface area contributed by atoms with E-state index in [9.17, 15) is 4.79 Å². The summed E-state index contributed by atoms with van der Waals surface area (Å²) in [4.78, 5) is 19.3. The zero-order valence-electron chi connectivity index (χ0n) is 17.0. The van der Waals surface area contributed by atoms with E-state index in [0.29, 0.717) is 33.7 Å². The summed E-state index contributed by atoms with van der Waals surface area (Å²) in [6.45, 7) is 4.20. The molecular formula is C23H20Cl2N2O3S. The van der Waals surface area contributed by atoms with Gasteiger partial charge in [-0.15, -0.1) is 0 Å². The quantitative estimate of drug-likeness (QED) is 0.457. The van der Waals surface area contributed by atoms with Crippen molar-refractivity contribution in [3.63, 3.8) is 0 Å². The van der Waals surface area contributed by atoms with Crippen molar-refractivity contribution in [1.29, 1.82) is 0 Å². The Balaban J connectivity index is 1.58. The molecule has 8 heteroatoms. The number of ether oxygens (including phenoxy) is 2. The smallest absolute Gasteiger partial charge is 0.338 e. The van der Waals surface area contributed by atoms with Crippen LogP contribution in [0.5, 0.6) is 5.75 Å². The van der Waals surface area contributed by atoms with Gasteiger partial charge in [0, 0.05) is 21.8 Å². The summed E-state index contributed by atoms with van der Waals surface area (Å²) in [6.07, 6.45) is 1.93. The highest BCUT2D eigenvalue weighted by Crippen LogP contribution is 2.41. The van der Waals surface area contributed by atoms with Gasteiger partial charge in [-0.3, -0.25) is 0 Å². The molecule has 0 radical (unpaired) electrons. The van der Waals surface area contributed by atoms with Gasteiger partial charge in [0.2, 0.25) is 0 Å². The maximum Gasteiger partial charge on any atom is 0.338 e. The topological polar surface area (TPSA) is 51.1 Å². The van der Waals surface area contributed by atoms with Crippen LogP contribution in [0, 0.1) is 0 Å². The second kappa shape index (κ2) is 9.39. The number of carbonyl (C=O) groups excluding carboxylic acids is 1. The molecule has 0 spiro atoms. The maximum absolute atomic E-state index is 12.7. The highest BCUT2D eigenvalue weighted by molar-refractivity contribution is 8.16. The number of aliphatic imine (C=N–C) groups is 1. The third-order valence-electron chi connectivity index (χ3n) is 4.96. The predicted octanol–water partition coefficient (Wildman–Crippen LogP) is 6.34. The number of nitrogens with zero attached hydrogens (tertiary/aromatic N) is 2. The first-order chi connectivity index (χ1) is 15.0. The normalized spacial score (nSPS) is 17.5. The van der Waals surface area contributed by atoms with Crippen molar-refractivity contribution < 1.29 is 14.3 Å². The number of thioether (sulfide) groups is 1. The van der Waals surface area contributed by atoms with Crippen molar-refractivity contribution in [3.8, 4) is 5.75 Å². The average Bonchev–Trinajstić information content (AvgIpc) is 3.21. The number of esters is 1. The maximum atomic E-state index is 12.7. The van der Waals surface area contributed by atoms with Crippen molar-refractivity contribution in [2.45, 2.75) is 26.5 Å². The number of hydrogen-bond acceptors (Lipinski definition) is 6. The van der Waals surface area contributed by atoms with Crippen LogP contribution in [0.25, 0.3) is 0 Å². The lowest BCUT2D eigenvalue weighted by molar-refractivity contribution is -0.139. The molecule has 160 valence electrons. The SMILES string of the molecule is CCOC(=O)C1=C(C)N=C2SC=CN2[C@@H]1c1ccc(OCc2c(Cl)cccc2Cl)cc1. The van der Waals surface area contributed by atoms with E-state index in [0.717, 1.165) is 16.3 Å². The lowest BCUT2D eigenvalue weighted by atomic mass is 9.95. The Morgan fingerprint density at radius 3 is 2.55 bits per heavy atom. The molecule has 2 aromatic rings. The van der Waals surface area contributed by atoms with E-state index in [1.165, 1.54) is 11.8 Å². The van der Waals surface area contributed by atoms with Crippen molar-refractivity contribution in [1.82, 2.24) is 4.90 Å². The molecule has 0 aromatic heterocycles. The first-order valence-electron chi connectivity index (χ1n) is 9.73. The molecule has 0 saturated heterocycles. The van der Waals surface area contributed by atoms with Crippen molar-refractivity contribution >= 4 is 46.1 Å². The standard InChI is InChI=1S/C23H20Cl2N2O3S/c1-3-29-22(28)20-14(2)26-23-27(11-12-31-23)21(20)15-7-9-16(10-8-15)30-13-17-18(24)5-4-6-19(17)25/h4-12,21H,3,13H2,1-2H3/t21-/m1/s1. The van der Waals surface area contributed by atoms with E-state index < -0.39 is 0 Å². The summed E-state index contributed by atoms with van der Waals surface area (Å²) in [5.74, 6) is 0.320. The largest absolute Gasteiger partial charge is 0.489 e. The fourth-order valence-corrected chi connectivity index (χ4v) is 4.77. The van der Waals surface area contributed by atoms with E-state index in [-0.39, 0.29) is 18.6 Å². The van der Waals surface area contributed by atoms with Gasteiger partial charge in [0.05, 0.1) is 23.9 Å². The van der Waals surface area contributed by atoms with Crippen molar-refractivity contribution in [2.24, 2.45) is 4.99 Å². The minimum atomic E-state index is -0.355. The van der Waals surface area contributed by atoms with Gasteiger partial charge in [0.25, 0.3) is 0 Å². The molecular weight excluding hydrogens is 455 g/mol. The predicted molar refractivity (Wildman–Crippen MR) is 125 cm³/mol. The number of rotatable bonds is 6. The van der Waals surface area contributed by atoms with Gasteiger partial charge in [0.15, 0.2) is 5.17 Å². The second-order valence-corrected chi connectivity index (χ2v) is 8.57. The van der Waals surface area contributed by atoms with Crippen molar-refractivity contribution in [2.75, 3.05) is 6.61 Å². The van der Waals surface area contributed by atoms with Crippen LogP contribution in [-0.4, -0.2) is 22.6 Å². The Kier molecular flexibility index (Phi) is 6.60. The lowest BCUT2D eigenvalue weighted by Gasteiger charge is -2.33. The van der Waals surface area contributed by atoms with Crippen LogP contribution in [0.4, 0.5) is 0 Å². The molecule has 0 bridgehead atoms. The minimum Gasteiger partial charge on any atom is -0.489 e. The van der Waals surface area contributed by atoms with E-state index in [4.69, 9.17) is 32.7 Å². The van der Waals surface area contributed by atoms with E-state index in [2.05, 4.69) is 4.99 Å². The van der Waals surface area contributed by atoms with Crippen LogP contribution in [-0.2, 0) is 16.1 Å². The van der Waals surface area contributed by atoms with Gasteiger partial charge >= 0.3 is 5.97 Å². The highest BCUT2D eigenvalue weighted by atomic mass is 35.5. The first kappa shape index (κ1) is 21.8. The minimum absolute atomic E-state index is 0.261. The van der Waals surface area contributed by atoms with Crippen LogP contribution in [0.15, 0.2) is 70.3 Å². The monoisotopic (exact) mass is 474 g/mol. The number of benzene rings is 2. The third-order valence-corrected chi connectivity index (χ3v) is 6.44. The van der Waals surface area contributed by atoms with Gasteiger partial charge < -0.3 is 14.4 Å². The Bertz CT molecular complexity index is 1080. The number of amidine groups is 1. The van der Waals surface area contributed by atoms with E-state index in [1.54, 1.807) is 25.1 Å². The molecule has 2 heterocycles. The van der Waals surface area contributed by atoms with Crippen molar-refractivity contribution in [3.05, 3.63) is 86.5 Å². The molecule has 1 atom stereocenters. The van der Waals surface area contributed by atoms with Crippen LogP contribution in [0.2, 0.25) is 10.0 Å². The Labute approximate surface area is 195 Å². The molecule has 2 aromatic carbocycles. The number of carbonyl (C=O) groups is 1. The zero-order valence-corrected chi connectivity index (χ0v) is 19.3. The zero-order chi connectivity index (χ0) is 22.0. The molecule has 0 amide bonds. The molecule has 0 aliphatic carbocycles. The molecule has 0 N–H and O–H groups in total. The van der Waals surface area contributed by atoms with Gasteiger partial charge in [-0.25, -0.2) is 9.79 Å². The fourth-order valence-electron chi connectivity index (χ4n) is 3.47. The second-order valence-electron chi connectivity index (χ2n) is 6.88. The lowest BCUT2D eigenvalue weighted by Crippen LogP contribution is -2.34. The van der Waals surface area contributed by atoms with E-state index in [1.807, 2.05) is 47.7 Å². The van der Waals surface area contributed by atoms with Gasteiger partial charge in [0.1, 0.15) is 12.4 Å². The van der Waals surface area contributed by atoms with Gasteiger partial charge in [-0.05, 0) is 49.1 Å². The molecule has 2 aliphatic rings. The summed E-state index contributed by atoms with van der Waals surface area (Å²) in [5, 5.41) is 3.93. The molecule has 0 saturated carbocycles. The Morgan fingerprint density at radius 1 is 1.16 bits per heavy atom. The average molecular weight is 475 g/mol. The number of fused-ring (bicyclic) bond motifs is 1. The molecule has 0 fully saturated rings. The van der Waals surface area contributed by atoms with Crippen LogP contribution < -0.4 is 4.74 Å². The van der Waals surface area contributed by atoms with Gasteiger partial charge in [-0.2, -0.15) is 0 Å². The van der Waals surface area contributed by atoms with Crippen LogP contribution in [0.3, 0.4) is 0 Å². The summed E-state index contributed by atoms with van der Waals surface area (Å²) in [7, 11) is 0.